The number of nitrogens with one attached hydrogen (secondary N) is 2. The molecule has 0 spiro atoms. The van der Waals surface area contributed by atoms with Crippen LogP contribution in [0.15, 0.2) is 29.3 Å². The number of hydrogen-bond acceptors (Lipinski definition) is 5. The van der Waals surface area contributed by atoms with Crippen LogP contribution in [-0.2, 0) is 4.74 Å². The minimum absolute atomic E-state index is 0. The highest BCUT2D eigenvalue weighted by atomic mass is 127. The summed E-state index contributed by atoms with van der Waals surface area (Å²) in [6, 6.07) is 6.75. The summed E-state index contributed by atoms with van der Waals surface area (Å²) in [7, 11) is 0. The van der Waals surface area contributed by atoms with Crippen molar-refractivity contribution in [2.75, 3.05) is 77.1 Å². The topological polar surface area (TPSA) is 72.4 Å². The molecule has 2 saturated heterocycles. The van der Waals surface area contributed by atoms with Gasteiger partial charge in [-0.25, -0.2) is 4.39 Å². The van der Waals surface area contributed by atoms with E-state index in [0.29, 0.717) is 13.2 Å². The van der Waals surface area contributed by atoms with Crippen molar-refractivity contribution in [1.82, 2.24) is 15.5 Å². The van der Waals surface area contributed by atoms with Gasteiger partial charge in [0.1, 0.15) is 5.82 Å². The first-order chi connectivity index (χ1) is 14.6. The number of aliphatic hydroxyl groups excluding tert-OH is 1. The normalized spacial score (nSPS) is 22.3. The fourth-order valence-electron chi connectivity index (χ4n) is 4.09. The Morgan fingerprint density at radius 2 is 1.94 bits per heavy atom. The lowest BCUT2D eigenvalue weighted by atomic mass is 9.84. The monoisotopic (exact) mass is 549 g/mol. The van der Waals surface area contributed by atoms with Gasteiger partial charge in [0.25, 0.3) is 0 Å². The van der Waals surface area contributed by atoms with Crippen LogP contribution in [0.3, 0.4) is 0 Å². The van der Waals surface area contributed by atoms with Gasteiger partial charge in [0, 0.05) is 70.1 Å². The SMILES string of the molecule is CCNC(=NCC1(CCO)CCOC1)NCCN1CCN(c2ccc(F)cc2)CC1.I. The van der Waals surface area contributed by atoms with Gasteiger partial charge in [-0.15, -0.1) is 24.0 Å². The lowest BCUT2D eigenvalue weighted by molar-refractivity contribution is 0.131. The van der Waals surface area contributed by atoms with Gasteiger partial charge >= 0.3 is 0 Å². The highest BCUT2D eigenvalue weighted by Crippen LogP contribution is 2.32. The minimum atomic E-state index is -0.190. The highest BCUT2D eigenvalue weighted by molar-refractivity contribution is 14.0. The molecule has 7 nitrogen and oxygen atoms in total. The van der Waals surface area contributed by atoms with Crippen molar-refractivity contribution in [3.8, 4) is 0 Å². The summed E-state index contributed by atoms with van der Waals surface area (Å²) in [4.78, 5) is 9.52. The predicted molar refractivity (Wildman–Crippen MR) is 134 cm³/mol. The van der Waals surface area contributed by atoms with E-state index in [-0.39, 0.29) is 41.8 Å². The summed E-state index contributed by atoms with van der Waals surface area (Å²) in [5, 5.41) is 16.1. The average molecular weight is 549 g/mol. The third-order valence-electron chi connectivity index (χ3n) is 6.03. The van der Waals surface area contributed by atoms with Crippen molar-refractivity contribution in [2.24, 2.45) is 10.4 Å². The van der Waals surface area contributed by atoms with E-state index in [1.807, 2.05) is 12.1 Å². The largest absolute Gasteiger partial charge is 0.396 e. The van der Waals surface area contributed by atoms with Crippen LogP contribution in [0.5, 0.6) is 0 Å². The van der Waals surface area contributed by atoms with Crippen LogP contribution >= 0.6 is 24.0 Å². The van der Waals surface area contributed by atoms with Crippen LogP contribution < -0.4 is 15.5 Å². The Bertz CT molecular complexity index is 662. The third-order valence-corrected chi connectivity index (χ3v) is 6.03. The summed E-state index contributed by atoms with van der Waals surface area (Å²) >= 11 is 0. The number of anilines is 1. The zero-order valence-electron chi connectivity index (χ0n) is 18.5. The molecular formula is C22H37FIN5O2. The van der Waals surface area contributed by atoms with Gasteiger partial charge < -0.3 is 25.4 Å². The van der Waals surface area contributed by atoms with E-state index < -0.39 is 0 Å². The highest BCUT2D eigenvalue weighted by Gasteiger charge is 2.34. The zero-order chi connectivity index (χ0) is 21.2. The molecule has 1 aromatic rings. The van der Waals surface area contributed by atoms with E-state index in [2.05, 4.69) is 27.4 Å². The molecule has 2 heterocycles. The molecule has 0 bridgehead atoms. The summed E-state index contributed by atoms with van der Waals surface area (Å²) in [6.07, 6.45) is 1.68. The number of hydrogen-bond donors (Lipinski definition) is 3. The summed E-state index contributed by atoms with van der Waals surface area (Å²) in [5.41, 5.74) is 1.05. The molecule has 2 aliphatic rings. The molecule has 0 aromatic heterocycles. The maximum Gasteiger partial charge on any atom is 0.191 e. The van der Waals surface area contributed by atoms with Crippen LogP contribution in [-0.4, -0.2) is 88.1 Å². The Balaban J connectivity index is 0.00000341. The first kappa shape index (κ1) is 26.1. The van der Waals surface area contributed by atoms with Crippen molar-refractivity contribution >= 4 is 35.6 Å². The van der Waals surface area contributed by atoms with Crippen LogP contribution in [0.25, 0.3) is 0 Å². The Kier molecular flexibility index (Phi) is 11.3. The quantitative estimate of drug-likeness (QED) is 0.249. The average Bonchev–Trinajstić information content (AvgIpc) is 3.22. The van der Waals surface area contributed by atoms with Gasteiger partial charge in [-0.3, -0.25) is 9.89 Å². The molecule has 2 aliphatic heterocycles. The molecule has 3 N–H and O–H groups in total. The molecule has 0 aliphatic carbocycles. The summed E-state index contributed by atoms with van der Waals surface area (Å²) in [5.74, 6) is 0.635. The lowest BCUT2D eigenvalue weighted by Gasteiger charge is -2.36. The van der Waals surface area contributed by atoms with E-state index in [4.69, 9.17) is 9.73 Å². The standard InChI is InChI=1S/C22H36FN5O2.HI/c1-2-24-21(26-17-22(7-15-29)8-16-30-18-22)25-9-10-27-11-13-28(14-12-27)20-5-3-19(23)4-6-20;/h3-6,29H,2,7-18H2,1H3,(H2,24,25,26);1H. The second kappa shape index (κ2) is 13.4. The van der Waals surface area contributed by atoms with Gasteiger partial charge in [-0.05, 0) is 44.0 Å². The van der Waals surface area contributed by atoms with Gasteiger partial charge in [0.15, 0.2) is 5.96 Å². The smallest absolute Gasteiger partial charge is 0.191 e. The first-order valence-corrected chi connectivity index (χ1v) is 11.1. The fourth-order valence-corrected chi connectivity index (χ4v) is 4.09. The molecule has 176 valence electrons. The van der Waals surface area contributed by atoms with Crippen molar-refractivity contribution in [3.63, 3.8) is 0 Å². The van der Waals surface area contributed by atoms with Crippen LogP contribution in [0.4, 0.5) is 10.1 Å². The van der Waals surface area contributed by atoms with Crippen molar-refractivity contribution in [1.29, 1.82) is 0 Å². The van der Waals surface area contributed by atoms with E-state index >= 15 is 0 Å². The molecule has 1 atom stereocenters. The Hall–Kier alpha value is -1.17. The molecular weight excluding hydrogens is 512 g/mol. The van der Waals surface area contributed by atoms with Gasteiger partial charge in [-0.1, -0.05) is 0 Å². The van der Waals surface area contributed by atoms with Gasteiger partial charge in [-0.2, -0.15) is 0 Å². The number of rotatable bonds is 9. The molecule has 0 radical (unpaired) electrons. The Labute approximate surface area is 202 Å². The van der Waals surface area contributed by atoms with Gasteiger partial charge in [0.2, 0.25) is 0 Å². The molecule has 0 amide bonds. The summed E-state index contributed by atoms with van der Waals surface area (Å²) < 4.78 is 18.7. The Morgan fingerprint density at radius 3 is 2.55 bits per heavy atom. The second-order valence-electron chi connectivity index (χ2n) is 8.20. The predicted octanol–water partition coefficient (Wildman–Crippen LogP) is 1.91. The molecule has 2 fully saturated rings. The lowest BCUT2D eigenvalue weighted by Crippen LogP contribution is -2.49. The van der Waals surface area contributed by atoms with Crippen molar-refractivity contribution in [2.45, 2.75) is 19.8 Å². The van der Waals surface area contributed by atoms with Crippen LogP contribution in [0.1, 0.15) is 19.8 Å². The molecule has 3 rings (SSSR count). The van der Waals surface area contributed by atoms with Crippen molar-refractivity contribution in [3.05, 3.63) is 30.1 Å². The molecule has 0 saturated carbocycles. The van der Waals surface area contributed by atoms with Crippen molar-refractivity contribution < 1.29 is 14.2 Å². The fraction of sp³-hybridized carbons (Fsp3) is 0.682. The second-order valence-corrected chi connectivity index (χ2v) is 8.20. The first-order valence-electron chi connectivity index (χ1n) is 11.1. The van der Waals surface area contributed by atoms with Crippen LogP contribution in [0, 0.1) is 11.2 Å². The molecule has 9 heteroatoms. The third kappa shape index (κ3) is 8.03. The number of ether oxygens (including phenoxy) is 1. The molecule has 31 heavy (non-hydrogen) atoms. The maximum atomic E-state index is 13.1. The van der Waals surface area contributed by atoms with Gasteiger partial charge in [0.05, 0.1) is 13.2 Å². The molecule has 1 unspecified atom stereocenters. The zero-order valence-corrected chi connectivity index (χ0v) is 20.8. The number of guanidine groups is 1. The number of halogens is 2. The maximum absolute atomic E-state index is 13.1. The number of piperazine rings is 1. The minimum Gasteiger partial charge on any atom is -0.396 e. The molecule has 1 aromatic carbocycles. The van der Waals surface area contributed by atoms with E-state index in [1.54, 1.807) is 0 Å². The number of aliphatic hydroxyl groups is 1. The number of benzene rings is 1. The summed E-state index contributed by atoms with van der Waals surface area (Å²) in [6.45, 7) is 10.8. The number of nitrogens with zero attached hydrogens (tertiary/aromatic N) is 3. The van der Waals surface area contributed by atoms with Crippen LogP contribution in [0.2, 0.25) is 0 Å². The van der Waals surface area contributed by atoms with E-state index in [1.165, 1.54) is 12.1 Å². The van der Waals surface area contributed by atoms with E-state index in [0.717, 1.165) is 76.9 Å². The number of aliphatic imine (C=N–C) groups is 1. The Morgan fingerprint density at radius 1 is 1.19 bits per heavy atom. The van der Waals surface area contributed by atoms with E-state index in [9.17, 15) is 9.50 Å².